The Morgan fingerprint density at radius 3 is 2.41 bits per heavy atom. The van der Waals surface area contributed by atoms with Gasteiger partial charge in [0.25, 0.3) is 5.91 Å². The van der Waals surface area contributed by atoms with Crippen molar-refractivity contribution in [2.24, 2.45) is 0 Å². The third kappa shape index (κ3) is 4.19. The Morgan fingerprint density at radius 1 is 1.23 bits per heavy atom. The maximum atomic E-state index is 12.0. The smallest absolute Gasteiger partial charge is 0.263 e. The summed E-state index contributed by atoms with van der Waals surface area (Å²) in [7, 11) is 0. The Balaban J connectivity index is 1.97. The number of carbonyl (C=O) groups excluding carboxylic acids is 2. The number of anilines is 1. The van der Waals surface area contributed by atoms with Crippen LogP contribution in [0.3, 0.4) is 0 Å². The van der Waals surface area contributed by atoms with Gasteiger partial charge in [-0.1, -0.05) is 12.8 Å². The van der Waals surface area contributed by atoms with Crippen molar-refractivity contribution in [3.8, 4) is 6.07 Å². The number of nitriles is 1. The van der Waals surface area contributed by atoms with Gasteiger partial charge in [0, 0.05) is 23.5 Å². The first-order chi connectivity index (χ1) is 10.6. The molecule has 1 saturated carbocycles. The molecule has 5 nitrogen and oxygen atoms in total. The van der Waals surface area contributed by atoms with Crippen LogP contribution in [0.5, 0.6) is 0 Å². The van der Waals surface area contributed by atoms with Crippen molar-refractivity contribution < 1.29 is 9.59 Å². The van der Waals surface area contributed by atoms with Gasteiger partial charge in [0.1, 0.15) is 11.6 Å². The molecule has 1 aromatic carbocycles. The van der Waals surface area contributed by atoms with Crippen LogP contribution in [0.15, 0.2) is 36.0 Å². The number of ketones is 1. The van der Waals surface area contributed by atoms with Crippen LogP contribution >= 0.6 is 0 Å². The van der Waals surface area contributed by atoms with Crippen LogP contribution in [0, 0.1) is 11.3 Å². The largest absolute Gasteiger partial charge is 0.360 e. The van der Waals surface area contributed by atoms with Crippen molar-refractivity contribution in [3.05, 3.63) is 41.6 Å². The zero-order chi connectivity index (χ0) is 15.9. The Bertz CT molecular complexity index is 620. The summed E-state index contributed by atoms with van der Waals surface area (Å²) in [6.07, 6.45) is 5.59. The topological polar surface area (TPSA) is 82.0 Å². The number of nitrogens with zero attached hydrogens (tertiary/aromatic N) is 1. The summed E-state index contributed by atoms with van der Waals surface area (Å²) in [5.41, 5.74) is 1.38. The summed E-state index contributed by atoms with van der Waals surface area (Å²) in [5.74, 6) is -0.349. The van der Waals surface area contributed by atoms with Gasteiger partial charge in [-0.25, -0.2) is 0 Å². The minimum Gasteiger partial charge on any atom is -0.360 e. The number of benzene rings is 1. The quantitative estimate of drug-likeness (QED) is 0.497. The van der Waals surface area contributed by atoms with E-state index in [2.05, 4.69) is 10.6 Å². The van der Waals surface area contributed by atoms with E-state index in [0.717, 1.165) is 25.7 Å². The van der Waals surface area contributed by atoms with Crippen molar-refractivity contribution >= 4 is 17.4 Å². The van der Waals surface area contributed by atoms with E-state index in [1.807, 2.05) is 6.07 Å². The Kier molecular flexibility index (Phi) is 5.31. The number of nitrogens with one attached hydrogen (secondary N) is 2. The van der Waals surface area contributed by atoms with E-state index in [1.165, 1.54) is 13.1 Å². The number of hydrogen-bond acceptors (Lipinski definition) is 4. The van der Waals surface area contributed by atoms with E-state index in [1.54, 1.807) is 24.3 Å². The second kappa shape index (κ2) is 7.41. The molecule has 5 heteroatoms. The molecule has 0 heterocycles. The predicted molar refractivity (Wildman–Crippen MR) is 84.2 cm³/mol. The molecule has 0 atom stereocenters. The highest BCUT2D eigenvalue weighted by Gasteiger charge is 2.19. The molecule has 2 N–H and O–H groups in total. The molecule has 0 radical (unpaired) electrons. The average Bonchev–Trinajstić information content (AvgIpc) is 3.01. The fraction of sp³-hybridized carbons (Fsp3) is 0.353. The normalized spacial score (nSPS) is 15.2. The van der Waals surface area contributed by atoms with Crippen LogP contribution in [-0.4, -0.2) is 17.7 Å². The highest BCUT2D eigenvalue weighted by molar-refractivity contribution is 5.97. The lowest BCUT2D eigenvalue weighted by Crippen LogP contribution is -2.33. The number of Topliss-reactive ketones (excluding diaryl/α,β-unsaturated/α-hetero) is 1. The van der Waals surface area contributed by atoms with Crippen LogP contribution < -0.4 is 10.6 Å². The van der Waals surface area contributed by atoms with E-state index in [-0.39, 0.29) is 23.3 Å². The van der Waals surface area contributed by atoms with Gasteiger partial charge in [-0.2, -0.15) is 5.26 Å². The fourth-order valence-corrected chi connectivity index (χ4v) is 2.44. The molecule has 1 aromatic rings. The van der Waals surface area contributed by atoms with E-state index < -0.39 is 0 Å². The molecule has 114 valence electrons. The molecule has 0 aliphatic heterocycles. The van der Waals surface area contributed by atoms with Crippen molar-refractivity contribution in [1.82, 2.24) is 5.32 Å². The summed E-state index contributed by atoms with van der Waals surface area (Å²) < 4.78 is 0. The van der Waals surface area contributed by atoms with Crippen LogP contribution in [-0.2, 0) is 4.79 Å². The maximum absolute atomic E-state index is 12.0. The van der Waals surface area contributed by atoms with Gasteiger partial charge >= 0.3 is 0 Å². The molecular formula is C17H19N3O2. The maximum Gasteiger partial charge on any atom is 0.263 e. The standard InChI is InChI=1S/C17H19N3O2/c1-12(21)13-6-8-15(9-7-13)19-11-14(10-18)17(22)20-16-4-2-3-5-16/h6-9,11,16,19H,2-5H2,1H3,(H,20,22)/b14-11-. The minimum absolute atomic E-state index is 0.00394. The number of carbonyl (C=O) groups is 2. The monoisotopic (exact) mass is 297 g/mol. The van der Waals surface area contributed by atoms with Crippen LogP contribution in [0.4, 0.5) is 5.69 Å². The Morgan fingerprint density at radius 2 is 1.86 bits per heavy atom. The molecule has 0 bridgehead atoms. The molecular weight excluding hydrogens is 278 g/mol. The van der Waals surface area contributed by atoms with Gasteiger partial charge in [-0.05, 0) is 44.0 Å². The third-order valence-electron chi connectivity index (χ3n) is 3.73. The summed E-state index contributed by atoms with van der Waals surface area (Å²) in [6.45, 7) is 1.50. The average molecular weight is 297 g/mol. The summed E-state index contributed by atoms with van der Waals surface area (Å²) in [6, 6.07) is 8.95. The number of amides is 1. The van der Waals surface area contributed by atoms with Crippen molar-refractivity contribution in [3.63, 3.8) is 0 Å². The summed E-state index contributed by atoms with van der Waals surface area (Å²) >= 11 is 0. The van der Waals surface area contributed by atoms with E-state index in [0.29, 0.717) is 11.3 Å². The van der Waals surface area contributed by atoms with Crippen molar-refractivity contribution in [2.45, 2.75) is 38.6 Å². The van der Waals surface area contributed by atoms with Crippen LogP contribution in [0.25, 0.3) is 0 Å². The first-order valence-corrected chi connectivity index (χ1v) is 7.39. The predicted octanol–water partition coefficient (Wildman–Crippen LogP) is 2.77. The molecule has 1 amide bonds. The van der Waals surface area contributed by atoms with Gasteiger partial charge in [-0.15, -0.1) is 0 Å². The second-order valence-corrected chi connectivity index (χ2v) is 5.40. The summed E-state index contributed by atoms with van der Waals surface area (Å²) in [5, 5.41) is 14.9. The molecule has 0 unspecified atom stereocenters. The van der Waals surface area contributed by atoms with E-state index in [9.17, 15) is 9.59 Å². The highest BCUT2D eigenvalue weighted by Crippen LogP contribution is 2.18. The zero-order valence-corrected chi connectivity index (χ0v) is 12.6. The number of rotatable bonds is 5. The first kappa shape index (κ1) is 15.8. The van der Waals surface area contributed by atoms with E-state index >= 15 is 0 Å². The highest BCUT2D eigenvalue weighted by atomic mass is 16.1. The second-order valence-electron chi connectivity index (χ2n) is 5.40. The number of hydrogen-bond donors (Lipinski definition) is 2. The van der Waals surface area contributed by atoms with Gasteiger partial charge in [0.15, 0.2) is 5.78 Å². The molecule has 1 fully saturated rings. The molecule has 2 rings (SSSR count). The van der Waals surface area contributed by atoms with Gasteiger partial charge < -0.3 is 10.6 Å². The molecule has 0 spiro atoms. The van der Waals surface area contributed by atoms with E-state index in [4.69, 9.17) is 5.26 Å². The van der Waals surface area contributed by atoms with Crippen molar-refractivity contribution in [1.29, 1.82) is 5.26 Å². The Labute approximate surface area is 130 Å². The molecule has 0 saturated heterocycles. The van der Waals surface area contributed by atoms with Gasteiger partial charge in [0.2, 0.25) is 0 Å². The molecule has 22 heavy (non-hydrogen) atoms. The van der Waals surface area contributed by atoms with Crippen LogP contribution in [0.1, 0.15) is 43.0 Å². The fourth-order valence-electron chi connectivity index (χ4n) is 2.44. The zero-order valence-electron chi connectivity index (χ0n) is 12.6. The first-order valence-electron chi connectivity index (χ1n) is 7.39. The minimum atomic E-state index is -0.345. The lowest BCUT2D eigenvalue weighted by molar-refractivity contribution is -0.117. The SMILES string of the molecule is CC(=O)c1ccc(N/C=C(/C#N)C(=O)NC2CCCC2)cc1. The van der Waals surface area contributed by atoms with Gasteiger partial charge in [-0.3, -0.25) is 9.59 Å². The van der Waals surface area contributed by atoms with Crippen molar-refractivity contribution in [2.75, 3.05) is 5.32 Å². The van der Waals surface area contributed by atoms with Gasteiger partial charge in [0.05, 0.1) is 0 Å². The summed E-state index contributed by atoms with van der Waals surface area (Å²) in [4.78, 5) is 23.2. The lowest BCUT2D eigenvalue weighted by atomic mass is 10.1. The third-order valence-corrected chi connectivity index (χ3v) is 3.73. The lowest BCUT2D eigenvalue weighted by Gasteiger charge is -2.11. The van der Waals surface area contributed by atoms with Crippen LogP contribution in [0.2, 0.25) is 0 Å². The molecule has 0 aromatic heterocycles. The Hall–Kier alpha value is -2.61. The molecule has 1 aliphatic carbocycles. The molecule has 1 aliphatic rings.